The molecule has 3 aromatic rings. The highest BCUT2D eigenvalue weighted by Gasteiger charge is 2.12. The van der Waals surface area contributed by atoms with Crippen LogP contribution in [0.25, 0.3) is 21.6 Å². The Bertz CT molecular complexity index is 645. The van der Waals surface area contributed by atoms with E-state index in [-0.39, 0.29) is 0 Å². The Balaban J connectivity index is 2.37. The molecule has 0 aliphatic carbocycles. The number of nitrogens with zero attached hydrogens (tertiary/aromatic N) is 3. The van der Waals surface area contributed by atoms with Gasteiger partial charge in [0, 0.05) is 39.4 Å². The quantitative estimate of drug-likeness (QED) is 0.696. The van der Waals surface area contributed by atoms with Gasteiger partial charge < -0.3 is 0 Å². The first-order chi connectivity index (χ1) is 7.75. The van der Waals surface area contributed by atoms with Gasteiger partial charge in [-0.2, -0.15) is 0 Å². The molecule has 0 atom stereocenters. The molecule has 0 radical (unpaired) electrons. The maximum atomic E-state index is 4.35. The van der Waals surface area contributed by atoms with Crippen molar-refractivity contribution in [1.29, 1.82) is 0 Å². The van der Waals surface area contributed by atoms with Crippen molar-refractivity contribution < 1.29 is 0 Å². The molecule has 6 heteroatoms. The van der Waals surface area contributed by atoms with Gasteiger partial charge in [0.05, 0.1) is 0 Å². The highest BCUT2D eigenvalue weighted by molar-refractivity contribution is 9.10. The summed E-state index contributed by atoms with van der Waals surface area (Å²) in [4.78, 5) is 8.64. The molecule has 0 bridgehead atoms. The fourth-order valence-electron chi connectivity index (χ4n) is 1.59. The van der Waals surface area contributed by atoms with Crippen molar-refractivity contribution in [3.63, 3.8) is 0 Å². The van der Waals surface area contributed by atoms with E-state index >= 15 is 0 Å². The van der Waals surface area contributed by atoms with Crippen molar-refractivity contribution in [3.8, 4) is 10.6 Å². The minimum atomic E-state index is 0.844. The van der Waals surface area contributed by atoms with Crippen LogP contribution >= 0.6 is 40.1 Å². The van der Waals surface area contributed by atoms with E-state index in [9.17, 15) is 0 Å². The van der Waals surface area contributed by atoms with Gasteiger partial charge in [-0.05, 0) is 22.0 Å². The van der Waals surface area contributed by atoms with E-state index in [0.29, 0.717) is 0 Å². The van der Waals surface area contributed by atoms with E-state index < -0.39 is 0 Å². The van der Waals surface area contributed by atoms with Crippen molar-refractivity contribution in [2.75, 3.05) is 0 Å². The van der Waals surface area contributed by atoms with E-state index in [2.05, 4.69) is 38.7 Å². The Morgan fingerprint density at radius 2 is 2.25 bits per heavy atom. The highest BCUT2D eigenvalue weighted by atomic mass is 79.9. The third-order valence-electron chi connectivity index (χ3n) is 2.25. The Hall–Kier alpha value is -0.850. The second-order valence-electron chi connectivity index (χ2n) is 3.25. The zero-order valence-electron chi connectivity index (χ0n) is 7.96. The SMILES string of the molecule is Sn1cc(-c2nccs2)c2cc(Br)cnc21. The number of hydrogen-bond acceptors (Lipinski definition) is 4. The molecule has 0 spiro atoms. The lowest BCUT2D eigenvalue weighted by molar-refractivity contribution is 1.26. The lowest BCUT2D eigenvalue weighted by Gasteiger charge is -1.94. The van der Waals surface area contributed by atoms with Gasteiger partial charge in [0.2, 0.25) is 0 Å². The van der Waals surface area contributed by atoms with Crippen molar-refractivity contribution in [2.45, 2.75) is 0 Å². The molecule has 16 heavy (non-hydrogen) atoms. The second kappa shape index (κ2) is 3.87. The maximum absolute atomic E-state index is 4.35. The summed E-state index contributed by atoms with van der Waals surface area (Å²) in [5.74, 6) is 0. The van der Waals surface area contributed by atoms with E-state index in [4.69, 9.17) is 0 Å². The Morgan fingerprint density at radius 3 is 3.00 bits per heavy atom. The molecule has 3 heterocycles. The van der Waals surface area contributed by atoms with Crippen LogP contribution in [0.1, 0.15) is 0 Å². The summed E-state index contributed by atoms with van der Waals surface area (Å²) in [5, 5.41) is 4.00. The molecular weight excluding hydrogens is 306 g/mol. The van der Waals surface area contributed by atoms with Crippen molar-refractivity contribution in [1.82, 2.24) is 13.9 Å². The predicted molar refractivity (Wildman–Crippen MR) is 72.9 cm³/mol. The lowest BCUT2D eigenvalue weighted by Crippen LogP contribution is -1.80. The van der Waals surface area contributed by atoms with Crippen LogP contribution in [0.4, 0.5) is 0 Å². The number of thiol groups is 1. The second-order valence-corrected chi connectivity index (χ2v) is 5.49. The minimum Gasteiger partial charge on any atom is -0.277 e. The van der Waals surface area contributed by atoms with Gasteiger partial charge in [-0.3, -0.25) is 3.97 Å². The van der Waals surface area contributed by atoms with E-state index in [1.54, 1.807) is 27.7 Å². The molecule has 0 fully saturated rings. The summed E-state index contributed by atoms with van der Waals surface area (Å²) >= 11 is 9.39. The number of halogens is 1. The topological polar surface area (TPSA) is 30.7 Å². The molecule has 0 aliphatic rings. The fraction of sp³-hybridized carbons (Fsp3) is 0. The standard InChI is InChI=1S/C10H6BrN3S2/c11-6-3-7-8(10-12-1-2-16-10)5-14(15)9(7)13-4-6/h1-5,15H. The Kier molecular flexibility index (Phi) is 2.49. The highest BCUT2D eigenvalue weighted by Crippen LogP contribution is 2.32. The van der Waals surface area contributed by atoms with E-state index in [1.165, 1.54) is 0 Å². The monoisotopic (exact) mass is 311 g/mol. The molecule has 3 aromatic heterocycles. The fourth-order valence-corrected chi connectivity index (χ4v) is 2.86. The predicted octanol–water partition coefficient (Wildman–Crippen LogP) is 3.62. The normalized spacial score (nSPS) is 11.1. The van der Waals surface area contributed by atoms with Gasteiger partial charge in [0.25, 0.3) is 0 Å². The summed E-state index contributed by atoms with van der Waals surface area (Å²) in [6.45, 7) is 0. The Labute approximate surface area is 110 Å². The maximum Gasteiger partial charge on any atom is 0.150 e. The molecule has 3 nitrogen and oxygen atoms in total. The van der Waals surface area contributed by atoms with Gasteiger partial charge in [-0.25, -0.2) is 9.97 Å². The van der Waals surface area contributed by atoms with Gasteiger partial charge in [0.1, 0.15) is 5.01 Å². The van der Waals surface area contributed by atoms with E-state index in [1.807, 2.05) is 17.6 Å². The number of hydrogen-bond donors (Lipinski definition) is 1. The molecule has 0 amide bonds. The zero-order valence-corrected chi connectivity index (χ0v) is 11.3. The average molecular weight is 312 g/mol. The molecule has 0 aromatic carbocycles. The summed E-state index contributed by atoms with van der Waals surface area (Å²) in [5.41, 5.74) is 1.91. The van der Waals surface area contributed by atoms with Crippen LogP contribution in [0.3, 0.4) is 0 Å². The number of rotatable bonds is 1. The average Bonchev–Trinajstić information content (AvgIpc) is 2.86. The van der Waals surface area contributed by atoms with Gasteiger partial charge in [-0.15, -0.1) is 11.3 Å². The number of fused-ring (bicyclic) bond motifs is 1. The van der Waals surface area contributed by atoms with Crippen LogP contribution in [0.15, 0.2) is 34.5 Å². The first-order valence-corrected chi connectivity index (χ1v) is 6.58. The van der Waals surface area contributed by atoms with Crippen molar-refractivity contribution in [3.05, 3.63) is 34.5 Å². The van der Waals surface area contributed by atoms with Crippen molar-refractivity contribution in [2.24, 2.45) is 0 Å². The summed E-state index contributed by atoms with van der Waals surface area (Å²) < 4.78 is 2.68. The molecule has 80 valence electrons. The van der Waals surface area contributed by atoms with Crippen LogP contribution in [0, 0.1) is 0 Å². The molecule has 0 saturated heterocycles. The molecule has 0 unspecified atom stereocenters. The molecular formula is C10H6BrN3S2. The van der Waals surface area contributed by atoms with E-state index in [0.717, 1.165) is 26.1 Å². The van der Waals surface area contributed by atoms with Crippen LogP contribution in [0.2, 0.25) is 0 Å². The molecule has 0 saturated carbocycles. The summed E-state index contributed by atoms with van der Waals surface area (Å²) in [7, 11) is 0. The van der Waals surface area contributed by atoms with Crippen LogP contribution in [-0.4, -0.2) is 13.9 Å². The lowest BCUT2D eigenvalue weighted by atomic mass is 10.2. The van der Waals surface area contributed by atoms with Crippen LogP contribution < -0.4 is 0 Å². The molecule has 0 aliphatic heterocycles. The summed E-state index contributed by atoms with van der Waals surface area (Å²) in [6, 6.07) is 2.03. The van der Waals surface area contributed by atoms with Crippen molar-refractivity contribution >= 4 is 51.1 Å². The molecule has 0 N–H and O–H groups in total. The van der Waals surface area contributed by atoms with Gasteiger partial charge >= 0.3 is 0 Å². The first kappa shape index (κ1) is 10.3. The smallest absolute Gasteiger partial charge is 0.150 e. The summed E-state index contributed by atoms with van der Waals surface area (Å²) in [6.07, 6.45) is 5.50. The minimum absolute atomic E-state index is 0.844. The Morgan fingerprint density at radius 1 is 1.38 bits per heavy atom. The molecule has 3 rings (SSSR count). The third kappa shape index (κ3) is 1.57. The van der Waals surface area contributed by atoms with Gasteiger partial charge in [-0.1, -0.05) is 12.8 Å². The number of pyridine rings is 1. The van der Waals surface area contributed by atoms with Crippen LogP contribution in [0.5, 0.6) is 0 Å². The van der Waals surface area contributed by atoms with Crippen LogP contribution in [-0.2, 0) is 0 Å². The zero-order chi connectivity index (χ0) is 11.1. The number of aromatic nitrogens is 3. The third-order valence-corrected chi connectivity index (χ3v) is 3.80. The first-order valence-electron chi connectivity index (χ1n) is 4.51. The number of thiazole rings is 1. The largest absolute Gasteiger partial charge is 0.277 e. The van der Waals surface area contributed by atoms with Gasteiger partial charge in [0.15, 0.2) is 5.65 Å².